The maximum Gasteiger partial charge on any atom is 0.247 e. The lowest BCUT2D eigenvalue weighted by Crippen LogP contribution is -2.37. The molecule has 0 saturated heterocycles. The Morgan fingerprint density at radius 1 is 1.26 bits per heavy atom. The molecule has 1 atom stereocenters. The van der Waals surface area contributed by atoms with Gasteiger partial charge >= 0.3 is 0 Å². The summed E-state index contributed by atoms with van der Waals surface area (Å²) in [5.74, 6) is 0.489. The van der Waals surface area contributed by atoms with Gasteiger partial charge in [-0.3, -0.25) is 4.79 Å². The van der Waals surface area contributed by atoms with Gasteiger partial charge in [0.05, 0.1) is 0 Å². The van der Waals surface area contributed by atoms with Gasteiger partial charge in [0.25, 0.3) is 0 Å². The highest BCUT2D eigenvalue weighted by molar-refractivity contribution is 5.80. The number of amides is 1. The van der Waals surface area contributed by atoms with Crippen LogP contribution in [0.1, 0.15) is 32.7 Å². The number of hydrogen-bond donors (Lipinski definition) is 2. The van der Waals surface area contributed by atoms with Crippen molar-refractivity contribution in [2.75, 3.05) is 13.1 Å². The highest BCUT2D eigenvalue weighted by Gasteiger charge is 2.26. The fourth-order valence-electron chi connectivity index (χ4n) is 2.31. The molecule has 2 aromatic rings. The van der Waals surface area contributed by atoms with Crippen molar-refractivity contribution in [1.82, 2.24) is 25.5 Å². The summed E-state index contributed by atoms with van der Waals surface area (Å²) in [7, 11) is 0. The molecular weight excluding hydrogens is 292 g/mol. The lowest BCUT2D eigenvalue weighted by molar-refractivity contribution is -0.126. The predicted molar refractivity (Wildman–Crippen MR) is 88.4 cm³/mol. The van der Waals surface area contributed by atoms with Gasteiger partial charge in [-0.05, 0) is 30.5 Å². The number of nitrogens with one attached hydrogen (secondary N) is 1. The van der Waals surface area contributed by atoms with E-state index in [2.05, 4.69) is 20.7 Å². The number of carbonyl (C=O) groups is 1. The Kier molecular flexibility index (Phi) is 6.22. The van der Waals surface area contributed by atoms with Crippen LogP contribution in [0.3, 0.4) is 0 Å². The average Bonchev–Trinajstić information content (AvgIpc) is 3.02. The number of hydrogen-bond acceptors (Lipinski definition) is 5. The molecule has 2 rings (SSSR count). The molecular formula is C16H24N6O. The van der Waals surface area contributed by atoms with E-state index in [-0.39, 0.29) is 11.8 Å². The Bertz CT molecular complexity index is 610. The first-order chi connectivity index (χ1) is 11.1. The number of benzene rings is 1. The van der Waals surface area contributed by atoms with E-state index in [1.807, 2.05) is 44.2 Å². The summed E-state index contributed by atoms with van der Waals surface area (Å²) in [6, 6.07) is 9.12. The van der Waals surface area contributed by atoms with Crippen molar-refractivity contribution in [3.63, 3.8) is 0 Å². The van der Waals surface area contributed by atoms with Gasteiger partial charge in [0, 0.05) is 12.1 Å². The molecule has 7 nitrogen and oxygen atoms in total. The fraction of sp³-hybridized carbons (Fsp3) is 0.500. The third-order valence-corrected chi connectivity index (χ3v) is 3.54. The number of carbonyl (C=O) groups excluding carboxylic acids is 1. The minimum Gasteiger partial charge on any atom is -0.354 e. The van der Waals surface area contributed by atoms with E-state index in [0.29, 0.717) is 18.9 Å². The Hall–Kier alpha value is -2.28. The van der Waals surface area contributed by atoms with E-state index in [4.69, 9.17) is 5.73 Å². The van der Waals surface area contributed by atoms with Crippen LogP contribution in [0.5, 0.6) is 0 Å². The topological polar surface area (TPSA) is 98.7 Å². The molecule has 0 fully saturated rings. The molecule has 0 aliphatic rings. The lowest BCUT2D eigenvalue weighted by Gasteiger charge is -2.18. The molecule has 1 heterocycles. The molecule has 0 bridgehead atoms. The maximum atomic E-state index is 12.4. The predicted octanol–water partition coefficient (Wildman–Crippen LogP) is 1.39. The van der Waals surface area contributed by atoms with Crippen molar-refractivity contribution in [3.8, 4) is 11.4 Å². The zero-order valence-corrected chi connectivity index (χ0v) is 13.6. The molecule has 0 radical (unpaired) electrons. The van der Waals surface area contributed by atoms with Gasteiger partial charge < -0.3 is 11.1 Å². The minimum absolute atomic E-state index is 0.0577. The highest BCUT2D eigenvalue weighted by Crippen LogP contribution is 2.18. The highest BCUT2D eigenvalue weighted by atomic mass is 16.2. The van der Waals surface area contributed by atoms with Crippen LogP contribution >= 0.6 is 0 Å². The number of rotatable bonds is 8. The van der Waals surface area contributed by atoms with Gasteiger partial charge in [-0.1, -0.05) is 44.2 Å². The summed E-state index contributed by atoms with van der Waals surface area (Å²) in [5, 5.41) is 15.4. The second kappa shape index (κ2) is 8.38. The third-order valence-electron chi connectivity index (χ3n) is 3.54. The third kappa shape index (κ3) is 4.59. The van der Waals surface area contributed by atoms with Gasteiger partial charge in [0.2, 0.25) is 11.7 Å². The quantitative estimate of drug-likeness (QED) is 0.717. The van der Waals surface area contributed by atoms with Gasteiger partial charge in [-0.15, -0.1) is 10.2 Å². The Balaban J connectivity index is 2.09. The second-order valence-electron chi connectivity index (χ2n) is 5.78. The first kappa shape index (κ1) is 17.1. The van der Waals surface area contributed by atoms with E-state index in [0.717, 1.165) is 18.4 Å². The molecule has 0 aliphatic heterocycles. The van der Waals surface area contributed by atoms with E-state index >= 15 is 0 Å². The summed E-state index contributed by atoms with van der Waals surface area (Å²) in [6.07, 6.45) is 1.76. The number of unbranched alkanes of at least 4 members (excludes halogenated alkanes) is 1. The summed E-state index contributed by atoms with van der Waals surface area (Å²) >= 11 is 0. The summed E-state index contributed by atoms with van der Waals surface area (Å²) in [6.45, 7) is 5.18. The van der Waals surface area contributed by atoms with Crippen LogP contribution in [0.4, 0.5) is 0 Å². The largest absolute Gasteiger partial charge is 0.354 e. The smallest absolute Gasteiger partial charge is 0.247 e. The SMILES string of the molecule is CC(C)C(C(=O)NCCCCN)n1nnc(-c2ccccc2)n1. The van der Waals surface area contributed by atoms with Crippen molar-refractivity contribution in [1.29, 1.82) is 0 Å². The van der Waals surface area contributed by atoms with Crippen LogP contribution in [0.15, 0.2) is 30.3 Å². The fourth-order valence-corrected chi connectivity index (χ4v) is 2.31. The van der Waals surface area contributed by atoms with Crippen molar-refractivity contribution in [2.45, 2.75) is 32.7 Å². The van der Waals surface area contributed by atoms with E-state index in [9.17, 15) is 4.79 Å². The number of nitrogens with two attached hydrogens (primary N) is 1. The van der Waals surface area contributed by atoms with E-state index in [1.165, 1.54) is 4.80 Å². The molecule has 0 spiro atoms. The minimum atomic E-state index is -0.474. The number of aromatic nitrogens is 4. The lowest BCUT2D eigenvalue weighted by atomic mass is 10.0. The Labute approximate surface area is 136 Å². The standard InChI is InChI=1S/C16H24N6O/c1-12(2)14(16(23)18-11-7-6-10-17)22-20-15(19-21-22)13-8-4-3-5-9-13/h3-5,8-9,12,14H,6-7,10-11,17H2,1-2H3,(H,18,23). The molecule has 124 valence electrons. The molecule has 1 amide bonds. The maximum absolute atomic E-state index is 12.4. The van der Waals surface area contributed by atoms with E-state index < -0.39 is 6.04 Å². The van der Waals surface area contributed by atoms with E-state index in [1.54, 1.807) is 0 Å². The number of nitrogens with zero attached hydrogens (tertiary/aromatic N) is 4. The van der Waals surface area contributed by atoms with Gasteiger partial charge in [-0.25, -0.2) is 0 Å². The first-order valence-corrected chi connectivity index (χ1v) is 7.96. The molecule has 3 N–H and O–H groups in total. The van der Waals surface area contributed by atoms with Crippen LogP contribution in [0.25, 0.3) is 11.4 Å². The normalized spacial score (nSPS) is 12.3. The molecule has 0 saturated carbocycles. The van der Waals surface area contributed by atoms with Crippen LogP contribution < -0.4 is 11.1 Å². The van der Waals surface area contributed by atoms with Gasteiger partial charge in [-0.2, -0.15) is 4.80 Å². The van der Waals surface area contributed by atoms with Crippen molar-refractivity contribution in [2.24, 2.45) is 11.7 Å². The van der Waals surface area contributed by atoms with Gasteiger partial charge in [0.15, 0.2) is 6.04 Å². The average molecular weight is 316 g/mol. The summed E-state index contributed by atoms with van der Waals surface area (Å²) in [5.41, 5.74) is 6.34. The zero-order chi connectivity index (χ0) is 16.7. The molecule has 1 unspecified atom stereocenters. The van der Waals surface area contributed by atoms with Crippen LogP contribution in [-0.4, -0.2) is 39.2 Å². The molecule has 0 aliphatic carbocycles. The zero-order valence-electron chi connectivity index (χ0n) is 13.6. The molecule has 1 aromatic carbocycles. The molecule has 23 heavy (non-hydrogen) atoms. The first-order valence-electron chi connectivity index (χ1n) is 7.96. The summed E-state index contributed by atoms with van der Waals surface area (Å²) in [4.78, 5) is 13.8. The number of tetrazole rings is 1. The second-order valence-corrected chi connectivity index (χ2v) is 5.78. The van der Waals surface area contributed by atoms with Crippen molar-refractivity contribution < 1.29 is 4.79 Å². The monoisotopic (exact) mass is 316 g/mol. The summed E-state index contributed by atoms with van der Waals surface area (Å²) < 4.78 is 0. The Morgan fingerprint density at radius 2 is 2.00 bits per heavy atom. The molecule has 7 heteroatoms. The van der Waals surface area contributed by atoms with Crippen LogP contribution in [-0.2, 0) is 4.79 Å². The molecule has 1 aromatic heterocycles. The van der Waals surface area contributed by atoms with Gasteiger partial charge in [0.1, 0.15) is 0 Å². The van der Waals surface area contributed by atoms with Crippen molar-refractivity contribution in [3.05, 3.63) is 30.3 Å². The van der Waals surface area contributed by atoms with Crippen molar-refractivity contribution >= 4 is 5.91 Å². The Morgan fingerprint density at radius 3 is 2.65 bits per heavy atom. The van der Waals surface area contributed by atoms with Crippen LogP contribution in [0, 0.1) is 5.92 Å². The van der Waals surface area contributed by atoms with Crippen LogP contribution in [0.2, 0.25) is 0 Å².